The van der Waals surface area contributed by atoms with Crippen molar-refractivity contribution in [2.45, 2.75) is 38.6 Å². The first kappa shape index (κ1) is 24.4. The van der Waals surface area contributed by atoms with Gasteiger partial charge in [-0.1, -0.05) is 117 Å². The minimum atomic E-state index is -2.41. The lowest BCUT2D eigenvalue weighted by Gasteiger charge is -2.46. The number of hydrogen-bond acceptors (Lipinski definition) is 2. The van der Waals surface area contributed by atoms with Crippen LogP contribution in [0.25, 0.3) is 0 Å². The van der Waals surface area contributed by atoms with Crippen LogP contribution in [-0.2, 0) is 0 Å². The number of hydrogen-bond donors (Lipinski definition) is 1. The molecule has 2 N–H and O–H groups in total. The molecular weight excluding hydrogens is 462 g/mol. The highest BCUT2D eigenvalue weighted by molar-refractivity contribution is 7.93. The van der Waals surface area contributed by atoms with Crippen LogP contribution >= 0.6 is 15.6 Å². The lowest BCUT2D eigenvalue weighted by molar-refractivity contribution is 0.260. The molecule has 0 saturated heterocycles. The zero-order chi connectivity index (χ0) is 24.1. The number of nitrogens with zero attached hydrogens (tertiary/aromatic N) is 1. The van der Waals surface area contributed by atoms with Crippen LogP contribution in [0.4, 0.5) is 0 Å². The van der Waals surface area contributed by atoms with Gasteiger partial charge in [-0.15, -0.1) is 4.44 Å². The zero-order valence-electron chi connectivity index (χ0n) is 20.4. The molecule has 0 radical (unpaired) electrons. The first-order valence-corrected chi connectivity index (χ1v) is 15.8. The van der Waals surface area contributed by atoms with Crippen LogP contribution in [0.3, 0.4) is 0 Å². The molecule has 1 aliphatic carbocycles. The van der Waals surface area contributed by atoms with E-state index in [-0.39, 0.29) is 0 Å². The molecule has 0 spiro atoms. The normalized spacial score (nSPS) is 18.6. The van der Waals surface area contributed by atoms with E-state index in [1.807, 2.05) is 0 Å². The largest absolute Gasteiger partial charge is 0.218 e. The maximum absolute atomic E-state index is 7.91. The van der Waals surface area contributed by atoms with Crippen molar-refractivity contribution in [2.24, 2.45) is 11.4 Å². The van der Waals surface area contributed by atoms with Crippen LogP contribution in [0.1, 0.15) is 32.6 Å². The molecule has 35 heavy (non-hydrogen) atoms. The summed E-state index contributed by atoms with van der Waals surface area (Å²) in [5.41, 5.74) is 7.91. The summed E-state index contributed by atoms with van der Waals surface area (Å²) in [5, 5.41) is 5.24. The minimum Gasteiger partial charge on any atom is -0.180 e. The fraction of sp³-hybridized carbons (Fsp3) is 0.226. The van der Waals surface area contributed by atoms with Crippen LogP contribution in [0.2, 0.25) is 0 Å². The van der Waals surface area contributed by atoms with Gasteiger partial charge in [0, 0.05) is 0 Å². The molecule has 2 nitrogen and oxygen atoms in total. The van der Waals surface area contributed by atoms with Crippen LogP contribution in [0.15, 0.2) is 121 Å². The smallest absolute Gasteiger partial charge is 0.180 e. The molecular formula is C31H35N2P2+. The van der Waals surface area contributed by atoms with Gasteiger partial charge in [0.05, 0.1) is 14.1 Å². The van der Waals surface area contributed by atoms with Gasteiger partial charge in [-0.3, -0.25) is 0 Å². The summed E-state index contributed by atoms with van der Waals surface area (Å²) >= 11 is 0. The van der Waals surface area contributed by atoms with Crippen LogP contribution in [-0.4, -0.2) is 10.5 Å². The Hall–Kier alpha value is -2.34. The van der Waals surface area contributed by atoms with Crippen molar-refractivity contribution in [2.75, 3.05) is 0 Å². The molecule has 1 fully saturated rings. The van der Waals surface area contributed by atoms with Gasteiger partial charge in [-0.25, -0.2) is 0 Å². The predicted molar refractivity (Wildman–Crippen MR) is 156 cm³/mol. The molecule has 5 rings (SSSR count). The molecule has 178 valence electrons. The first-order valence-electron chi connectivity index (χ1n) is 12.7. The summed E-state index contributed by atoms with van der Waals surface area (Å²) in [4.78, 5) is 0. The number of benzene rings is 4. The Kier molecular flexibility index (Phi) is 7.76. The van der Waals surface area contributed by atoms with Crippen molar-refractivity contribution in [1.82, 2.24) is 4.44 Å². The van der Waals surface area contributed by atoms with Gasteiger partial charge in [-0.2, -0.15) is 5.50 Å². The second-order valence-corrected chi connectivity index (χ2v) is 14.7. The fourth-order valence-electron chi connectivity index (χ4n) is 5.38. The second-order valence-electron chi connectivity index (χ2n) is 9.49. The third-order valence-electron chi connectivity index (χ3n) is 7.19. The first-order chi connectivity index (χ1) is 17.2. The van der Waals surface area contributed by atoms with Crippen molar-refractivity contribution >= 4 is 36.9 Å². The lowest BCUT2D eigenvalue weighted by Crippen LogP contribution is -2.49. The molecule has 0 heterocycles. The van der Waals surface area contributed by atoms with Gasteiger partial charge in [0.1, 0.15) is 10.6 Å². The summed E-state index contributed by atoms with van der Waals surface area (Å²) in [7, 11) is -3.26. The van der Waals surface area contributed by atoms with Crippen LogP contribution in [0, 0.1) is 5.92 Å². The Morgan fingerprint density at radius 1 is 0.629 bits per heavy atom. The molecule has 4 aromatic carbocycles. The van der Waals surface area contributed by atoms with E-state index in [1.165, 1.54) is 46.9 Å². The van der Waals surface area contributed by atoms with Gasteiger partial charge >= 0.3 is 0 Å². The maximum atomic E-state index is 7.91. The average molecular weight is 498 g/mol. The fourth-order valence-corrected chi connectivity index (χ4v) is 12.9. The summed E-state index contributed by atoms with van der Waals surface area (Å²) in [5.74, 6) is 0.594. The van der Waals surface area contributed by atoms with Crippen molar-refractivity contribution in [3.05, 3.63) is 121 Å². The standard InChI is InChI=1S/C31H35N2P2/c1-26-16-14-15-25-31(26)33(34(27-17-6-2-7-18-27)28-19-8-3-9-20-28)35(32,29-21-10-4-11-22-29)30-23-12-5-13-24-30/h2-13,17-24,26,31H,14-16,25,32H2,1H3/q+1. The zero-order valence-corrected chi connectivity index (χ0v) is 22.2. The van der Waals surface area contributed by atoms with Gasteiger partial charge in [0.2, 0.25) is 7.56 Å². The second kappa shape index (κ2) is 11.2. The molecule has 2 atom stereocenters. The molecule has 1 aliphatic rings. The topological polar surface area (TPSA) is 29.3 Å². The van der Waals surface area contributed by atoms with Crippen LogP contribution in [0.5, 0.6) is 0 Å². The Labute approximate surface area is 212 Å². The van der Waals surface area contributed by atoms with E-state index in [9.17, 15) is 0 Å². The lowest BCUT2D eigenvalue weighted by atomic mass is 9.87. The molecule has 4 aromatic rings. The van der Waals surface area contributed by atoms with Crippen molar-refractivity contribution in [1.29, 1.82) is 0 Å². The van der Waals surface area contributed by atoms with E-state index in [2.05, 4.69) is 133 Å². The average Bonchev–Trinajstić information content (AvgIpc) is 2.94. The van der Waals surface area contributed by atoms with E-state index in [0.29, 0.717) is 12.0 Å². The van der Waals surface area contributed by atoms with E-state index >= 15 is 0 Å². The Bertz CT molecular complexity index is 1110. The number of rotatable bonds is 7. The van der Waals surface area contributed by atoms with Gasteiger partial charge in [0.15, 0.2) is 0 Å². The maximum Gasteiger partial charge on any atom is 0.218 e. The van der Waals surface area contributed by atoms with E-state index < -0.39 is 15.6 Å². The highest BCUT2D eigenvalue weighted by atomic mass is 31.2. The molecule has 0 aromatic heterocycles. The Morgan fingerprint density at radius 3 is 1.46 bits per heavy atom. The highest BCUT2D eigenvalue weighted by Crippen LogP contribution is 2.65. The molecule has 0 aliphatic heterocycles. The Morgan fingerprint density at radius 2 is 1.03 bits per heavy atom. The summed E-state index contributed by atoms with van der Waals surface area (Å²) in [6.45, 7) is 2.45. The van der Waals surface area contributed by atoms with Gasteiger partial charge in [-0.05, 0) is 53.6 Å². The molecule has 0 bridgehead atoms. The molecule has 4 heteroatoms. The van der Waals surface area contributed by atoms with Crippen LogP contribution < -0.4 is 26.7 Å². The number of nitrogens with two attached hydrogens (primary N) is 1. The quantitative estimate of drug-likeness (QED) is 0.301. The van der Waals surface area contributed by atoms with Crippen molar-refractivity contribution < 1.29 is 0 Å². The monoisotopic (exact) mass is 497 g/mol. The van der Waals surface area contributed by atoms with E-state index in [1.54, 1.807) is 0 Å². The van der Waals surface area contributed by atoms with E-state index in [4.69, 9.17) is 5.50 Å². The van der Waals surface area contributed by atoms with E-state index in [0.717, 1.165) is 0 Å². The Balaban J connectivity index is 1.80. The minimum absolute atomic E-state index is 0.425. The summed E-state index contributed by atoms with van der Waals surface area (Å²) in [6, 6.07) is 44.4. The molecule has 2 unspecified atom stereocenters. The molecule has 0 amide bonds. The van der Waals surface area contributed by atoms with Crippen molar-refractivity contribution in [3.8, 4) is 0 Å². The van der Waals surface area contributed by atoms with Gasteiger partial charge in [0.25, 0.3) is 0 Å². The SMILES string of the molecule is CC1CCCCC1N(P(c1ccccc1)c1ccccc1)[P+](N)(c1ccccc1)c1ccccc1. The molecule has 1 saturated carbocycles. The van der Waals surface area contributed by atoms with Gasteiger partial charge < -0.3 is 0 Å². The third kappa shape index (κ3) is 5.00. The summed E-state index contributed by atoms with van der Waals surface area (Å²) < 4.78 is 2.83. The highest BCUT2D eigenvalue weighted by Gasteiger charge is 2.54. The predicted octanol–water partition coefficient (Wildman–Crippen LogP) is 6.37. The third-order valence-corrected chi connectivity index (χ3v) is 14.0. The summed E-state index contributed by atoms with van der Waals surface area (Å²) in [6.07, 6.45) is 5.03. The van der Waals surface area contributed by atoms with Crippen molar-refractivity contribution in [3.63, 3.8) is 0 Å².